The molecule has 3 nitrogen and oxygen atoms in total. The average Bonchev–Trinajstić information content (AvgIpc) is 2.42. The van der Waals surface area contributed by atoms with Crippen molar-refractivity contribution in [1.29, 1.82) is 0 Å². The highest BCUT2D eigenvalue weighted by molar-refractivity contribution is 5.80. The molecule has 1 saturated heterocycles. The van der Waals surface area contributed by atoms with Crippen LogP contribution in [0, 0.1) is 0 Å². The van der Waals surface area contributed by atoms with E-state index in [1.54, 1.807) is 0 Å². The third kappa shape index (κ3) is 2.15. The van der Waals surface area contributed by atoms with Crippen molar-refractivity contribution >= 4 is 5.97 Å². The van der Waals surface area contributed by atoms with Crippen LogP contribution in [0.25, 0.3) is 0 Å². The van der Waals surface area contributed by atoms with E-state index in [4.69, 9.17) is 0 Å². The topological polar surface area (TPSA) is 40.5 Å². The molecular formula is C15H21NO2. The van der Waals surface area contributed by atoms with Crippen molar-refractivity contribution in [3.63, 3.8) is 0 Å². The number of carboxylic acids is 1. The van der Waals surface area contributed by atoms with Crippen molar-refractivity contribution in [2.75, 3.05) is 13.1 Å². The minimum absolute atomic E-state index is 0.604. The number of rotatable bonds is 4. The van der Waals surface area contributed by atoms with Crippen LogP contribution in [-0.4, -0.2) is 29.1 Å². The van der Waals surface area contributed by atoms with Crippen LogP contribution in [0.15, 0.2) is 30.3 Å². The van der Waals surface area contributed by atoms with Crippen LogP contribution in [0.3, 0.4) is 0 Å². The van der Waals surface area contributed by atoms with Crippen molar-refractivity contribution < 1.29 is 9.90 Å². The zero-order valence-corrected chi connectivity index (χ0v) is 10.9. The highest BCUT2D eigenvalue weighted by Gasteiger charge is 2.44. The molecule has 2 rings (SSSR count). The molecule has 0 saturated carbocycles. The number of likely N-dealkylation sites (tertiary alicyclic amines) is 1. The van der Waals surface area contributed by atoms with E-state index in [0.29, 0.717) is 6.42 Å². The molecule has 1 aromatic carbocycles. The van der Waals surface area contributed by atoms with Crippen LogP contribution >= 0.6 is 0 Å². The highest BCUT2D eigenvalue weighted by Crippen LogP contribution is 2.34. The second kappa shape index (κ2) is 5.53. The van der Waals surface area contributed by atoms with Crippen LogP contribution in [0.2, 0.25) is 0 Å². The monoisotopic (exact) mass is 247 g/mol. The quantitative estimate of drug-likeness (QED) is 0.889. The zero-order chi connectivity index (χ0) is 13.0. The molecule has 1 aliphatic rings. The molecule has 0 amide bonds. The lowest BCUT2D eigenvalue weighted by Crippen LogP contribution is -2.53. The summed E-state index contributed by atoms with van der Waals surface area (Å²) in [7, 11) is 0. The Morgan fingerprint density at radius 1 is 1.22 bits per heavy atom. The minimum atomic E-state index is -0.846. The van der Waals surface area contributed by atoms with Gasteiger partial charge in [-0.25, -0.2) is 4.79 Å². The number of aliphatic carboxylic acids is 1. The maximum atomic E-state index is 11.9. The summed E-state index contributed by atoms with van der Waals surface area (Å²) in [5.74, 6) is -0.724. The van der Waals surface area contributed by atoms with Crippen molar-refractivity contribution in [3.05, 3.63) is 35.9 Å². The molecule has 1 N–H and O–H groups in total. The standard InChI is InChI=1S/C15H21NO2/c1-2-15(14(17)18,13-9-5-3-6-10-13)16-11-7-4-8-12-16/h3,5-6,9-10H,2,4,7-8,11-12H2,1H3,(H,17,18)/t15-/m1/s1. The predicted octanol–water partition coefficient (Wildman–Crippen LogP) is 2.86. The van der Waals surface area contributed by atoms with Gasteiger partial charge in [0.05, 0.1) is 0 Å². The lowest BCUT2D eigenvalue weighted by atomic mass is 9.84. The second-order valence-corrected chi connectivity index (χ2v) is 4.93. The molecule has 1 fully saturated rings. The number of benzene rings is 1. The third-order valence-corrected chi connectivity index (χ3v) is 4.01. The van der Waals surface area contributed by atoms with Crippen molar-refractivity contribution in [1.82, 2.24) is 4.90 Å². The van der Waals surface area contributed by atoms with E-state index in [9.17, 15) is 9.90 Å². The van der Waals surface area contributed by atoms with Crippen LogP contribution in [0.5, 0.6) is 0 Å². The van der Waals surface area contributed by atoms with Gasteiger partial charge in [0.25, 0.3) is 0 Å². The summed E-state index contributed by atoms with van der Waals surface area (Å²) in [5.41, 5.74) is 0.0590. The first kappa shape index (κ1) is 13.1. The molecule has 0 spiro atoms. The van der Waals surface area contributed by atoms with Crippen molar-refractivity contribution in [3.8, 4) is 0 Å². The summed E-state index contributed by atoms with van der Waals surface area (Å²) in [6, 6.07) is 9.65. The number of carbonyl (C=O) groups is 1. The van der Waals surface area contributed by atoms with E-state index in [1.807, 2.05) is 37.3 Å². The lowest BCUT2D eigenvalue weighted by Gasteiger charge is -2.42. The van der Waals surface area contributed by atoms with Gasteiger partial charge in [0.15, 0.2) is 0 Å². The van der Waals surface area contributed by atoms with Gasteiger partial charge in [-0.05, 0) is 37.9 Å². The Hall–Kier alpha value is -1.35. The molecule has 0 aromatic heterocycles. The van der Waals surface area contributed by atoms with Gasteiger partial charge in [-0.2, -0.15) is 0 Å². The Balaban J connectivity index is 2.42. The SMILES string of the molecule is CC[C@](C(=O)O)(c1ccccc1)N1CCCCC1. The maximum absolute atomic E-state index is 11.9. The number of hydrogen-bond acceptors (Lipinski definition) is 2. The number of nitrogens with zero attached hydrogens (tertiary/aromatic N) is 1. The Morgan fingerprint density at radius 2 is 1.83 bits per heavy atom. The first-order valence-electron chi connectivity index (χ1n) is 6.76. The molecule has 0 bridgehead atoms. The summed E-state index contributed by atoms with van der Waals surface area (Å²) in [6.07, 6.45) is 4.01. The van der Waals surface area contributed by atoms with Crippen LogP contribution in [-0.2, 0) is 10.3 Å². The predicted molar refractivity (Wildman–Crippen MR) is 71.5 cm³/mol. The molecule has 1 aromatic rings. The molecular weight excluding hydrogens is 226 g/mol. The molecule has 1 heterocycles. The molecule has 0 unspecified atom stereocenters. The van der Waals surface area contributed by atoms with E-state index < -0.39 is 11.5 Å². The van der Waals surface area contributed by atoms with E-state index >= 15 is 0 Å². The molecule has 0 aliphatic carbocycles. The van der Waals surface area contributed by atoms with Gasteiger partial charge in [-0.3, -0.25) is 4.90 Å². The summed E-state index contributed by atoms with van der Waals surface area (Å²) in [4.78, 5) is 14.1. The number of carboxylic acid groups (broad SMARTS) is 1. The van der Waals surface area contributed by atoms with E-state index in [2.05, 4.69) is 4.90 Å². The smallest absolute Gasteiger partial charge is 0.328 e. The van der Waals surface area contributed by atoms with Crippen molar-refractivity contribution in [2.24, 2.45) is 0 Å². The summed E-state index contributed by atoms with van der Waals surface area (Å²) in [6.45, 7) is 3.74. The fourth-order valence-electron chi connectivity index (χ4n) is 3.01. The van der Waals surface area contributed by atoms with Crippen molar-refractivity contribution in [2.45, 2.75) is 38.1 Å². The van der Waals surface area contributed by atoms with Gasteiger partial charge >= 0.3 is 5.97 Å². The summed E-state index contributed by atoms with van der Waals surface area (Å²) < 4.78 is 0. The van der Waals surface area contributed by atoms with Crippen LogP contribution in [0.1, 0.15) is 38.2 Å². The largest absolute Gasteiger partial charge is 0.480 e. The molecule has 98 valence electrons. The Bertz CT molecular complexity index is 398. The maximum Gasteiger partial charge on any atom is 0.328 e. The Morgan fingerprint density at radius 3 is 2.33 bits per heavy atom. The van der Waals surface area contributed by atoms with Crippen LogP contribution in [0.4, 0.5) is 0 Å². The highest BCUT2D eigenvalue weighted by atomic mass is 16.4. The van der Waals surface area contributed by atoms with Crippen LogP contribution < -0.4 is 0 Å². The van der Waals surface area contributed by atoms with E-state index in [1.165, 1.54) is 6.42 Å². The second-order valence-electron chi connectivity index (χ2n) is 4.93. The Labute approximate surface area is 108 Å². The summed E-state index contributed by atoms with van der Waals surface area (Å²) >= 11 is 0. The molecule has 0 radical (unpaired) electrons. The molecule has 18 heavy (non-hydrogen) atoms. The van der Waals surface area contributed by atoms with Gasteiger partial charge in [0.2, 0.25) is 0 Å². The molecule has 1 atom stereocenters. The molecule has 1 aliphatic heterocycles. The van der Waals surface area contributed by atoms with Gasteiger partial charge in [0.1, 0.15) is 5.54 Å². The minimum Gasteiger partial charge on any atom is -0.480 e. The first-order chi connectivity index (χ1) is 8.71. The molecule has 3 heteroatoms. The van der Waals surface area contributed by atoms with Gasteiger partial charge in [0, 0.05) is 0 Å². The summed E-state index contributed by atoms with van der Waals surface area (Å²) in [5, 5.41) is 9.79. The average molecular weight is 247 g/mol. The zero-order valence-electron chi connectivity index (χ0n) is 10.9. The van der Waals surface area contributed by atoms with E-state index in [-0.39, 0.29) is 0 Å². The van der Waals surface area contributed by atoms with Gasteiger partial charge < -0.3 is 5.11 Å². The number of piperidine rings is 1. The van der Waals surface area contributed by atoms with E-state index in [0.717, 1.165) is 31.5 Å². The van der Waals surface area contributed by atoms with Gasteiger partial charge in [-0.1, -0.05) is 43.7 Å². The first-order valence-corrected chi connectivity index (χ1v) is 6.76. The Kier molecular flexibility index (Phi) is 4.02. The fourth-order valence-corrected chi connectivity index (χ4v) is 3.01. The van der Waals surface area contributed by atoms with Gasteiger partial charge in [-0.15, -0.1) is 0 Å². The fraction of sp³-hybridized carbons (Fsp3) is 0.533. The lowest BCUT2D eigenvalue weighted by molar-refractivity contribution is -0.154. The number of hydrogen-bond donors (Lipinski definition) is 1. The normalized spacial score (nSPS) is 20.3. The third-order valence-electron chi connectivity index (χ3n) is 4.01.